The first-order chi connectivity index (χ1) is 8.65. The van der Waals surface area contributed by atoms with Crippen LogP contribution >= 0.6 is 0 Å². The van der Waals surface area contributed by atoms with Crippen molar-refractivity contribution in [1.82, 2.24) is 15.3 Å². The van der Waals surface area contributed by atoms with Gasteiger partial charge in [-0.1, -0.05) is 0 Å². The number of halogens is 2. The van der Waals surface area contributed by atoms with Crippen molar-refractivity contribution < 1.29 is 8.78 Å². The zero-order chi connectivity index (χ0) is 12.7. The van der Waals surface area contributed by atoms with Crippen LogP contribution in [0.2, 0.25) is 0 Å². The molecule has 3 heterocycles. The molecule has 1 aliphatic heterocycles. The molecule has 0 atom stereocenters. The van der Waals surface area contributed by atoms with Crippen molar-refractivity contribution in [3.05, 3.63) is 41.5 Å². The van der Waals surface area contributed by atoms with Crippen molar-refractivity contribution in [3.8, 4) is 0 Å². The van der Waals surface area contributed by atoms with Crippen molar-refractivity contribution in [2.24, 2.45) is 10.7 Å². The Kier molecular flexibility index (Phi) is 2.26. The Bertz CT molecular complexity index is 686. The molecule has 0 amide bonds. The molecule has 0 bridgehead atoms. The molecule has 0 aromatic carbocycles. The second-order valence-electron chi connectivity index (χ2n) is 3.86. The third-order valence-corrected chi connectivity index (χ3v) is 2.67. The van der Waals surface area contributed by atoms with Crippen LogP contribution in [-0.2, 0) is 0 Å². The zero-order valence-corrected chi connectivity index (χ0v) is 9.17. The van der Waals surface area contributed by atoms with E-state index in [9.17, 15) is 8.78 Å². The summed E-state index contributed by atoms with van der Waals surface area (Å²) in [7, 11) is 0. The van der Waals surface area contributed by atoms with E-state index in [1.807, 2.05) is 0 Å². The lowest BCUT2D eigenvalue weighted by molar-refractivity contribution is 0.589. The summed E-state index contributed by atoms with van der Waals surface area (Å²) in [4.78, 5) is 10.8. The number of aromatic nitrogens is 2. The average molecular weight is 249 g/mol. The highest BCUT2D eigenvalue weighted by molar-refractivity contribution is 6.09. The molecule has 5 nitrogen and oxygen atoms in total. The van der Waals surface area contributed by atoms with Crippen molar-refractivity contribution in [2.75, 3.05) is 6.54 Å². The molecule has 7 heteroatoms. The fraction of sp³-hybridized carbons (Fsp3) is 0.0909. The van der Waals surface area contributed by atoms with Gasteiger partial charge in [0.1, 0.15) is 23.1 Å². The van der Waals surface area contributed by atoms with Crippen molar-refractivity contribution in [1.29, 1.82) is 0 Å². The molecular formula is C11H9F2N5. The molecule has 0 fully saturated rings. The summed E-state index contributed by atoms with van der Waals surface area (Å²) in [6.07, 6.45) is 2.74. The third-order valence-electron chi connectivity index (χ3n) is 2.67. The van der Waals surface area contributed by atoms with Crippen molar-refractivity contribution in [3.63, 3.8) is 0 Å². The van der Waals surface area contributed by atoms with Crippen LogP contribution in [0.15, 0.2) is 35.1 Å². The largest absolute Gasteiger partial charge is 0.383 e. The Hall–Kier alpha value is -2.44. The molecule has 3 rings (SSSR count). The SMILES string of the molecule is NC1=C(F)CN=C(c2c[nH]c3ncc(F)cc23)N1. The molecule has 0 radical (unpaired) electrons. The smallest absolute Gasteiger partial charge is 0.161 e. The molecule has 2 aromatic heterocycles. The van der Waals surface area contributed by atoms with Crippen LogP contribution in [0.4, 0.5) is 8.78 Å². The standard InChI is InChI=1S/C11H9F2N5/c12-5-1-6-7(3-16-10(6)15-2-5)11-17-4-8(13)9(14)18-11/h1-3H,4,14H2,(H,15,16)(H,17,18). The van der Waals surface area contributed by atoms with Crippen LogP contribution in [-0.4, -0.2) is 22.3 Å². The highest BCUT2D eigenvalue weighted by Gasteiger charge is 2.17. The lowest BCUT2D eigenvalue weighted by atomic mass is 10.2. The normalized spacial score (nSPS) is 15.8. The van der Waals surface area contributed by atoms with Gasteiger partial charge in [0.25, 0.3) is 0 Å². The van der Waals surface area contributed by atoms with Gasteiger partial charge in [-0.15, -0.1) is 0 Å². The first kappa shape index (κ1) is 10.7. The first-order valence-electron chi connectivity index (χ1n) is 5.24. The Morgan fingerprint density at radius 2 is 2.17 bits per heavy atom. The van der Waals surface area contributed by atoms with Gasteiger partial charge in [0.05, 0.1) is 12.7 Å². The molecule has 4 N–H and O–H groups in total. The molecule has 1 aliphatic rings. The molecule has 0 spiro atoms. The summed E-state index contributed by atoms with van der Waals surface area (Å²) in [5.41, 5.74) is 6.60. The van der Waals surface area contributed by atoms with Crippen LogP contribution in [0.5, 0.6) is 0 Å². The van der Waals surface area contributed by atoms with Gasteiger partial charge in [0.2, 0.25) is 0 Å². The molecular weight excluding hydrogens is 240 g/mol. The number of nitrogens with zero attached hydrogens (tertiary/aromatic N) is 2. The molecule has 0 unspecified atom stereocenters. The maximum Gasteiger partial charge on any atom is 0.161 e. The number of pyridine rings is 1. The van der Waals surface area contributed by atoms with E-state index in [0.29, 0.717) is 22.4 Å². The Labute approximate surface area is 100 Å². The van der Waals surface area contributed by atoms with Crippen molar-refractivity contribution >= 4 is 16.9 Å². The van der Waals surface area contributed by atoms with E-state index in [1.165, 1.54) is 6.07 Å². The minimum Gasteiger partial charge on any atom is -0.383 e. The number of aliphatic imine (C=N–C) groups is 1. The lowest BCUT2D eigenvalue weighted by Gasteiger charge is -2.14. The Morgan fingerprint density at radius 3 is 2.94 bits per heavy atom. The number of amidine groups is 1. The fourth-order valence-corrected chi connectivity index (χ4v) is 1.79. The molecule has 0 saturated carbocycles. The van der Waals surface area contributed by atoms with Crippen LogP contribution < -0.4 is 11.1 Å². The van der Waals surface area contributed by atoms with E-state index in [-0.39, 0.29) is 12.4 Å². The third kappa shape index (κ3) is 1.60. The fourth-order valence-electron chi connectivity index (χ4n) is 1.79. The molecule has 92 valence electrons. The van der Waals surface area contributed by atoms with Crippen LogP contribution in [0, 0.1) is 5.82 Å². The van der Waals surface area contributed by atoms with Gasteiger partial charge in [-0.3, -0.25) is 4.99 Å². The average Bonchev–Trinajstić information content (AvgIpc) is 2.75. The summed E-state index contributed by atoms with van der Waals surface area (Å²) >= 11 is 0. The second-order valence-corrected chi connectivity index (χ2v) is 3.86. The molecule has 0 saturated heterocycles. The number of hydrogen-bond donors (Lipinski definition) is 3. The number of nitrogens with two attached hydrogens (primary N) is 1. The first-order valence-corrected chi connectivity index (χ1v) is 5.24. The predicted molar refractivity (Wildman–Crippen MR) is 62.9 cm³/mol. The highest BCUT2D eigenvalue weighted by Crippen LogP contribution is 2.19. The van der Waals surface area contributed by atoms with E-state index in [1.54, 1.807) is 6.20 Å². The van der Waals surface area contributed by atoms with Gasteiger partial charge in [-0.2, -0.15) is 0 Å². The minimum atomic E-state index is -0.511. The van der Waals surface area contributed by atoms with Crippen LogP contribution in [0.1, 0.15) is 5.56 Å². The van der Waals surface area contributed by atoms with E-state index in [4.69, 9.17) is 5.73 Å². The van der Waals surface area contributed by atoms with Crippen LogP contribution in [0.3, 0.4) is 0 Å². The van der Waals surface area contributed by atoms with Crippen molar-refractivity contribution in [2.45, 2.75) is 0 Å². The Morgan fingerprint density at radius 1 is 1.33 bits per heavy atom. The van der Waals surface area contributed by atoms with Gasteiger partial charge < -0.3 is 16.0 Å². The number of hydrogen-bond acceptors (Lipinski definition) is 4. The quantitative estimate of drug-likeness (QED) is 0.709. The summed E-state index contributed by atoms with van der Waals surface area (Å²) in [6.45, 7) is -0.121. The van der Waals surface area contributed by atoms with E-state index in [0.717, 1.165) is 6.20 Å². The minimum absolute atomic E-state index is 0.0706. The highest BCUT2D eigenvalue weighted by atomic mass is 19.1. The zero-order valence-electron chi connectivity index (χ0n) is 9.17. The maximum absolute atomic E-state index is 13.2. The van der Waals surface area contributed by atoms with E-state index >= 15 is 0 Å². The predicted octanol–water partition coefficient (Wildman–Crippen LogP) is 1.15. The molecule has 2 aromatic rings. The van der Waals surface area contributed by atoms with Gasteiger partial charge in [-0.25, -0.2) is 13.8 Å². The monoisotopic (exact) mass is 249 g/mol. The van der Waals surface area contributed by atoms with Gasteiger partial charge in [0.15, 0.2) is 5.83 Å². The topological polar surface area (TPSA) is 79.1 Å². The number of nitrogens with one attached hydrogen (secondary N) is 2. The lowest BCUT2D eigenvalue weighted by Crippen LogP contribution is -2.32. The summed E-state index contributed by atoms with van der Waals surface area (Å²) in [5, 5.41) is 3.21. The number of fused-ring (bicyclic) bond motifs is 1. The van der Waals surface area contributed by atoms with Gasteiger partial charge in [0, 0.05) is 17.1 Å². The Balaban J connectivity index is 2.08. The second kappa shape index (κ2) is 3.80. The number of aromatic amines is 1. The number of rotatable bonds is 1. The van der Waals surface area contributed by atoms with Crippen LogP contribution in [0.25, 0.3) is 11.0 Å². The molecule has 18 heavy (non-hydrogen) atoms. The summed E-state index contributed by atoms with van der Waals surface area (Å²) in [6, 6.07) is 1.34. The summed E-state index contributed by atoms with van der Waals surface area (Å²) < 4.78 is 26.2. The maximum atomic E-state index is 13.2. The van der Waals surface area contributed by atoms with Gasteiger partial charge >= 0.3 is 0 Å². The van der Waals surface area contributed by atoms with Gasteiger partial charge in [-0.05, 0) is 6.07 Å². The van der Waals surface area contributed by atoms with E-state index < -0.39 is 11.6 Å². The van der Waals surface area contributed by atoms with E-state index in [2.05, 4.69) is 20.3 Å². The molecule has 0 aliphatic carbocycles. The number of H-pyrrole nitrogens is 1. The summed E-state index contributed by atoms with van der Waals surface area (Å²) in [5.74, 6) is -0.636.